The first-order valence-corrected chi connectivity index (χ1v) is 8.14. The maximum Gasteiger partial charge on any atom is 0.226 e. The van der Waals surface area contributed by atoms with E-state index in [1.807, 2.05) is 4.68 Å². The standard InChI is InChI=1S/C20H20N4/c1-13-5-4-6-17(9-13)19-11-18(23-20-21-12-22-24(19)20)16-8-7-14(2)15(3)10-16/h4-12,19H,1-3H3,(H,21,22,23)/t19-/m0/s1. The van der Waals surface area contributed by atoms with Crippen molar-refractivity contribution in [2.45, 2.75) is 26.8 Å². The summed E-state index contributed by atoms with van der Waals surface area (Å²) < 4.78 is 1.93. The predicted molar refractivity (Wildman–Crippen MR) is 96.9 cm³/mol. The molecule has 0 bridgehead atoms. The average Bonchev–Trinajstić information content (AvgIpc) is 3.05. The summed E-state index contributed by atoms with van der Waals surface area (Å²) in [6.07, 6.45) is 3.82. The number of allylic oxidation sites excluding steroid dienone is 1. The molecule has 2 aromatic carbocycles. The normalized spacial score (nSPS) is 16.3. The number of benzene rings is 2. The summed E-state index contributed by atoms with van der Waals surface area (Å²) in [5.74, 6) is 0.775. The van der Waals surface area contributed by atoms with E-state index in [1.54, 1.807) is 6.33 Å². The number of nitrogens with one attached hydrogen (secondary N) is 1. The molecule has 2 heterocycles. The van der Waals surface area contributed by atoms with Gasteiger partial charge in [0.1, 0.15) is 12.4 Å². The van der Waals surface area contributed by atoms with Gasteiger partial charge in [0.2, 0.25) is 5.95 Å². The summed E-state index contributed by atoms with van der Waals surface area (Å²) in [5.41, 5.74) is 7.29. The van der Waals surface area contributed by atoms with E-state index in [-0.39, 0.29) is 6.04 Å². The van der Waals surface area contributed by atoms with Gasteiger partial charge in [-0.3, -0.25) is 0 Å². The molecule has 0 radical (unpaired) electrons. The molecule has 0 aliphatic carbocycles. The zero-order valence-electron chi connectivity index (χ0n) is 14.1. The lowest BCUT2D eigenvalue weighted by molar-refractivity contribution is 0.611. The van der Waals surface area contributed by atoms with Crippen LogP contribution in [0.2, 0.25) is 0 Å². The van der Waals surface area contributed by atoms with Crippen molar-refractivity contribution in [2.75, 3.05) is 5.32 Å². The number of aromatic nitrogens is 3. The van der Waals surface area contributed by atoms with Gasteiger partial charge in [-0.2, -0.15) is 10.1 Å². The summed E-state index contributed by atoms with van der Waals surface area (Å²) in [6, 6.07) is 15.1. The zero-order valence-corrected chi connectivity index (χ0v) is 14.1. The minimum Gasteiger partial charge on any atom is -0.324 e. The molecule has 0 spiro atoms. The third kappa shape index (κ3) is 2.50. The molecule has 0 saturated carbocycles. The third-order valence-corrected chi connectivity index (χ3v) is 4.61. The highest BCUT2D eigenvalue weighted by Gasteiger charge is 2.23. The largest absolute Gasteiger partial charge is 0.324 e. The molecule has 0 unspecified atom stereocenters. The fourth-order valence-corrected chi connectivity index (χ4v) is 3.10. The number of fused-ring (bicyclic) bond motifs is 1. The van der Waals surface area contributed by atoms with Crippen LogP contribution in [0.25, 0.3) is 5.70 Å². The fourth-order valence-electron chi connectivity index (χ4n) is 3.10. The van der Waals surface area contributed by atoms with Gasteiger partial charge >= 0.3 is 0 Å². The van der Waals surface area contributed by atoms with Crippen molar-refractivity contribution in [3.63, 3.8) is 0 Å². The van der Waals surface area contributed by atoms with E-state index >= 15 is 0 Å². The van der Waals surface area contributed by atoms with Crippen LogP contribution in [-0.2, 0) is 0 Å². The van der Waals surface area contributed by atoms with Gasteiger partial charge in [-0.25, -0.2) is 4.68 Å². The van der Waals surface area contributed by atoms with Crippen LogP contribution >= 0.6 is 0 Å². The molecular weight excluding hydrogens is 296 g/mol. The quantitative estimate of drug-likeness (QED) is 0.768. The van der Waals surface area contributed by atoms with Gasteiger partial charge in [0, 0.05) is 5.70 Å². The molecule has 1 N–H and O–H groups in total. The van der Waals surface area contributed by atoms with E-state index < -0.39 is 0 Å². The lowest BCUT2D eigenvalue weighted by atomic mass is 9.98. The summed E-state index contributed by atoms with van der Waals surface area (Å²) >= 11 is 0. The van der Waals surface area contributed by atoms with Gasteiger partial charge in [0.25, 0.3) is 0 Å². The first kappa shape index (κ1) is 14.7. The van der Waals surface area contributed by atoms with Crippen molar-refractivity contribution in [1.29, 1.82) is 0 Å². The van der Waals surface area contributed by atoms with Crippen LogP contribution < -0.4 is 5.32 Å². The van der Waals surface area contributed by atoms with Crippen molar-refractivity contribution in [3.05, 3.63) is 82.7 Å². The van der Waals surface area contributed by atoms with E-state index in [1.165, 1.54) is 27.8 Å². The molecular formula is C20H20N4. The van der Waals surface area contributed by atoms with E-state index in [0.29, 0.717) is 0 Å². The number of anilines is 1. The molecule has 0 fully saturated rings. The highest BCUT2D eigenvalue weighted by Crippen LogP contribution is 2.32. The molecule has 120 valence electrons. The topological polar surface area (TPSA) is 42.7 Å². The summed E-state index contributed by atoms with van der Waals surface area (Å²) in [4.78, 5) is 4.37. The summed E-state index contributed by atoms with van der Waals surface area (Å²) in [5, 5.41) is 7.81. The Morgan fingerprint density at radius 1 is 1.00 bits per heavy atom. The molecule has 4 rings (SSSR count). The number of hydrogen-bond acceptors (Lipinski definition) is 3. The van der Waals surface area contributed by atoms with Crippen LogP contribution in [-0.4, -0.2) is 14.8 Å². The van der Waals surface area contributed by atoms with Gasteiger partial charge < -0.3 is 5.32 Å². The Balaban J connectivity index is 1.82. The first-order chi connectivity index (χ1) is 11.6. The van der Waals surface area contributed by atoms with Crippen LogP contribution in [0.4, 0.5) is 5.95 Å². The van der Waals surface area contributed by atoms with E-state index in [4.69, 9.17) is 0 Å². The Labute approximate surface area is 141 Å². The summed E-state index contributed by atoms with van der Waals surface area (Å²) in [6.45, 7) is 6.39. The second-order valence-corrected chi connectivity index (χ2v) is 6.39. The van der Waals surface area contributed by atoms with Crippen LogP contribution in [0.3, 0.4) is 0 Å². The predicted octanol–water partition coefficient (Wildman–Crippen LogP) is 4.26. The third-order valence-electron chi connectivity index (χ3n) is 4.61. The molecule has 0 amide bonds. The minimum absolute atomic E-state index is 0.0419. The van der Waals surface area contributed by atoms with Crippen molar-refractivity contribution in [3.8, 4) is 0 Å². The Kier molecular flexibility index (Phi) is 3.45. The Morgan fingerprint density at radius 3 is 2.67 bits per heavy atom. The number of nitrogens with zero attached hydrogens (tertiary/aromatic N) is 3. The van der Waals surface area contributed by atoms with Gasteiger partial charge in [-0.05, 0) is 55.2 Å². The second kappa shape index (κ2) is 5.64. The number of aryl methyl sites for hydroxylation is 3. The molecule has 3 aromatic rings. The molecule has 1 aliphatic heterocycles. The van der Waals surface area contributed by atoms with Gasteiger partial charge in [-0.1, -0.05) is 42.0 Å². The Morgan fingerprint density at radius 2 is 1.88 bits per heavy atom. The van der Waals surface area contributed by atoms with E-state index in [2.05, 4.69) is 84.7 Å². The van der Waals surface area contributed by atoms with Crippen molar-refractivity contribution >= 4 is 11.6 Å². The van der Waals surface area contributed by atoms with E-state index in [9.17, 15) is 0 Å². The van der Waals surface area contributed by atoms with Crippen LogP contribution in [0.15, 0.2) is 54.9 Å². The maximum atomic E-state index is 4.40. The number of hydrogen-bond donors (Lipinski definition) is 1. The molecule has 4 nitrogen and oxygen atoms in total. The summed E-state index contributed by atoms with van der Waals surface area (Å²) in [7, 11) is 0. The van der Waals surface area contributed by atoms with E-state index in [0.717, 1.165) is 11.6 Å². The highest BCUT2D eigenvalue weighted by atomic mass is 15.4. The molecule has 1 aromatic heterocycles. The Hall–Kier alpha value is -2.88. The van der Waals surface area contributed by atoms with Gasteiger partial charge in [0.15, 0.2) is 0 Å². The molecule has 0 saturated heterocycles. The molecule has 1 atom stereocenters. The molecule has 4 heteroatoms. The fraction of sp³-hybridized carbons (Fsp3) is 0.200. The van der Waals surface area contributed by atoms with Crippen LogP contribution in [0.5, 0.6) is 0 Å². The maximum absolute atomic E-state index is 4.40. The monoisotopic (exact) mass is 316 g/mol. The zero-order chi connectivity index (χ0) is 16.7. The van der Waals surface area contributed by atoms with Gasteiger partial charge in [0.05, 0.1) is 0 Å². The molecule has 24 heavy (non-hydrogen) atoms. The lowest BCUT2D eigenvalue weighted by Gasteiger charge is -2.25. The lowest BCUT2D eigenvalue weighted by Crippen LogP contribution is -2.20. The van der Waals surface area contributed by atoms with Gasteiger partial charge in [-0.15, -0.1) is 0 Å². The number of rotatable bonds is 2. The average molecular weight is 316 g/mol. The van der Waals surface area contributed by atoms with Crippen LogP contribution in [0, 0.1) is 20.8 Å². The van der Waals surface area contributed by atoms with Crippen molar-refractivity contribution in [1.82, 2.24) is 14.8 Å². The second-order valence-electron chi connectivity index (χ2n) is 6.39. The SMILES string of the molecule is Cc1cccc([C@@H]2C=C(c3ccc(C)c(C)c3)Nc3ncnn32)c1. The Bertz CT molecular complexity index is 936. The minimum atomic E-state index is 0.0419. The highest BCUT2D eigenvalue weighted by molar-refractivity contribution is 5.77. The smallest absolute Gasteiger partial charge is 0.226 e. The van der Waals surface area contributed by atoms with Crippen molar-refractivity contribution < 1.29 is 0 Å². The van der Waals surface area contributed by atoms with Crippen LogP contribution in [0.1, 0.15) is 33.9 Å². The first-order valence-electron chi connectivity index (χ1n) is 8.14. The van der Waals surface area contributed by atoms with Crippen molar-refractivity contribution in [2.24, 2.45) is 0 Å². The molecule has 1 aliphatic rings.